The molecule has 1 atom stereocenters. The molecule has 0 saturated carbocycles. The molecule has 0 aromatic heterocycles. The van der Waals surface area contributed by atoms with Gasteiger partial charge in [-0.25, -0.2) is 0 Å². The first-order valence-electron chi connectivity index (χ1n) is 33.4. The summed E-state index contributed by atoms with van der Waals surface area (Å²) in [4.78, 5) is 38.0. The van der Waals surface area contributed by atoms with Crippen LogP contribution in [-0.2, 0) is 28.6 Å². The van der Waals surface area contributed by atoms with Crippen LogP contribution >= 0.6 is 0 Å². The lowest BCUT2D eigenvalue weighted by Crippen LogP contribution is -2.30. The van der Waals surface area contributed by atoms with Crippen LogP contribution in [0.2, 0.25) is 0 Å². The van der Waals surface area contributed by atoms with Crippen molar-refractivity contribution in [3.05, 3.63) is 72.9 Å². The van der Waals surface area contributed by atoms with Crippen molar-refractivity contribution in [1.29, 1.82) is 0 Å². The molecule has 0 bridgehead atoms. The van der Waals surface area contributed by atoms with Crippen molar-refractivity contribution >= 4 is 17.9 Å². The molecular formula is C71H126O6. The van der Waals surface area contributed by atoms with Crippen molar-refractivity contribution in [3.63, 3.8) is 0 Å². The molecule has 77 heavy (non-hydrogen) atoms. The molecule has 6 nitrogen and oxygen atoms in total. The highest BCUT2D eigenvalue weighted by molar-refractivity contribution is 5.71. The lowest BCUT2D eigenvalue weighted by atomic mass is 10.0. The van der Waals surface area contributed by atoms with Crippen molar-refractivity contribution in [3.8, 4) is 0 Å². The average Bonchev–Trinajstić information content (AvgIpc) is 3.43. The van der Waals surface area contributed by atoms with E-state index in [-0.39, 0.29) is 31.1 Å². The molecule has 0 N–H and O–H groups in total. The zero-order valence-electron chi connectivity index (χ0n) is 51.2. The van der Waals surface area contributed by atoms with Crippen molar-refractivity contribution in [2.24, 2.45) is 0 Å². The Bertz CT molecular complexity index is 1420. The minimum Gasteiger partial charge on any atom is -0.462 e. The first kappa shape index (κ1) is 73.8. The average molecular weight is 1080 g/mol. The van der Waals surface area contributed by atoms with Crippen LogP contribution in [0.1, 0.15) is 342 Å². The molecule has 1 unspecified atom stereocenters. The van der Waals surface area contributed by atoms with E-state index in [9.17, 15) is 14.4 Å². The molecule has 0 rings (SSSR count). The Balaban J connectivity index is 3.96. The largest absolute Gasteiger partial charge is 0.462 e. The Labute approximate surface area is 478 Å². The van der Waals surface area contributed by atoms with Crippen molar-refractivity contribution in [2.75, 3.05) is 13.2 Å². The molecule has 0 saturated heterocycles. The summed E-state index contributed by atoms with van der Waals surface area (Å²) in [5.41, 5.74) is 0. The molecular weight excluding hydrogens is 949 g/mol. The number of carbonyl (C=O) groups is 3. The third-order valence-electron chi connectivity index (χ3n) is 14.7. The fourth-order valence-electron chi connectivity index (χ4n) is 9.70. The van der Waals surface area contributed by atoms with Crippen LogP contribution in [0, 0.1) is 0 Å². The van der Waals surface area contributed by atoms with Crippen molar-refractivity contribution in [2.45, 2.75) is 348 Å². The fourth-order valence-corrected chi connectivity index (χ4v) is 9.70. The summed E-state index contributed by atoms with van der Waals surface area (Å²) in [6.45, 7) is 6.47. The number of rotatable bonds is 61. The molecule has 0 aromatic rings. The Morgan fingerprint density at radius 3 is 0.792 bits per heavy atom. The second-order valence-electron chi connectivity index (χ2n) is 22.4. The third-order valence-corrected chi connectivity index (χ3v) is 14.7. The van der Waals surface area contributed by atoms with Gasteiger partial charge in [0.15, 0.2) is 6.10 Å². The predicted octanol–water partition coefficient (Wildman–Crippen LogP) is 22.9. The van der Waals surface area contributed by atoms with Crippen LogP contribution in [0.25, 0.3) is 0 Å². The lowest BCUT2D eigenvalue weighted by Gasteiger charge is -2.18. The van der Waals surface area contributed by atoms with E-state index in [1.54, 1.807) is 0 Å². The zero-order chi connectivity index (χ0) is 55.7. The number of unbranched alkanes of at least 4 members (excludes halogenated alkanes) is 38. The zero-order valence-corrected chi connectivity index (χ0v) is 51.2. The molecule has 0 amide bonds. The Morgan fingerprint density at radius 2 is 0.506 bits per heavy atom. The van der Waals surface area contributed by atoms with E-state index in [0.29, 0.717) is 19.3 Å². The number of hydrogen-bond donors (Lipinski definition) is 0. The van der Waals surface area contributed by atoms with E-state index in [1.807, 2.05) is 0 Å². The second-order valence-corrected chi connectivity index (χ2v) is 22.4. The minimum absolute atomic E-state index is 0.0722. The molecule has 0 heterocycles. The fraction of sp³-hybridized carbons (Fsp3) is 0.789. The van der Waals surface area contributed by atoms with Gasteiger partial charge >= 0.3 is 17.9 Å². The van der Waals surface area contributed by atoms with Gasteiger partial charge in [0, 0.05) is 19.3 Å². The highest BCUT2D eigenvalue weighted by Gasteiger charge is 2.19. The third kappa shape index (κ3) is 63.6. The van der Waals surface area contributed by atoms with Crippen LogP contribution in [0.5, 0.6) is 0 Å². The summed E-state index contributed by atoms with van der Waals surface area (Å²) in [5, 5.41) is 0. The Kier molecular flexibility index (Phi) is 62.7. The van der Waals surface area contributed by atoms with Crippen LogP contribution in [0.3, 0.4) is 0 Å². The lowest BCUT2D eigenvalue weighted by molar-refractivity contribution is -0.167. The predicted molar refractivity (Wildman–Crippen MR) is 335 cm³/mol. The van der Waals surface area contributed by atoms with Gasteiger partial charge < -0.3 is 14.2 Å². The van der Waals surface area contributed by atoms with Gasteiger partial charge in [0.25, 0.3) is 0 Å². The van der Waals surface area contributed by atoms with Crippen LogP contribution < -0.4 is 0 Å². The molecule has 0 aliphatic carbocycles. The molecule has 0 radical (unpaired) electrons. The number of carbonyl (C=O) groups excluding carboxylic acids is 3. The molecule has 0 fully saturated rings. The monoisotopic (exact) mass is 1070 g/mol. The van der Waals surface area contributed by atoms with E-state index in [2.05, 4.69) is 93.7 Å². The standard InChI is InChI=1S/C71H126O6/c1-4-7-10-13-15-17-19-21-23-25-27-29-31-32-33-34-35-36-37-38-40-41-43-45-47-49-51-53-55-58-61-64-70(73)76-67-68(66-75-69(72)63-60-57-12-9-6-3)77-71(74)65-62-59-56-54-52-50-48-46-44-42-39-30-28-26-24-22-20-18-16-14-11-8-5-2/h7,10,15,17,20-23,26-29,68H,4-6,8-9,11-14,16,18-19,24-25,30-67H2,1-3H3/b10-7-,17-15-,22-20-,23-21-,28-26-,29-27-. The molecule has 0 aliphatic rings. The molecule has 0 aromatic carbocycles. The molecule has 6 heteroatoms. The highest BCUT2D eigenvalue weighted by atomic mass is 16.6. The van der Waals surface area contributed by atoms with Gasteiger partial charge in [-0.15, -0.1) is 0 Å². The van der Waals surface area contributed by atoms with Gasteiger partial charge in [0.1, 0.15) is 13.2 Å². The van der Waals surface area contributed by atoms with Crippen LogP contribution in [0.4, 0.5) is 0 Å². The second kappa shape index (κ2) is 65.4. The maximum atomic E-state index is 12.8. The number of allylic oxidation sites excluding steroid dienone is 12. The SMILES string of the molecule is CC/C=C\C/C=C\C/C=C\C/C=C\CCCCCCCCCCCCCCCCCCCCC(=O)OCC(COC(=O)CCCCCCC)OC(=O)CCCCCCCCCCCCC/C=C\C/C=C\CCCCCCC. The normalized spacial score (nSPS) is 12.5. The van der Waals surface area contributed by atoms with Gasteiger partial charge in [0.2, 0.25) is 0 Å². The molecule has 0 aliphatic heterocycles. The van der Waals surface area contributed by atoms with Gasteiger partial charge in [-0.1, -0.05) is 306 Å². The van der Waals surface area contributed by atoms with Gasteiger partial charge in [-0.2, -0.15) is 0 Å². The van der Waals surface area contributed by atoms with E-state index >= 15 is 0 Å². The van der Waals surface area contributed by atoms with Gasteiger partial charge in [-0.3, -0.25) is 14.4 Å². The molecule has 446 valence electrons. The van der Waals surface area contributed by atoms with Crippen LogP contribution in [0.15, 0.2) is 72.9 Å². The van der Waals surface area contributed by atoms with E-state index in [1.165, 1.54) is 205 Å². The van der Waals surface area contributed by atoms with Gasteiger partial charge in [0.05, 0.1) is 0 Å². The summed E-state index contributed by atoms with van der Waals surface area (Å²) in [5.74, 6) is -0.872. The number of ether oxygens (including phenoxy) is 3. The van der Waals surface area contributed by atoms with Crippen molar-refractivity contribution in [1.82, 2.24) is 0 Å². The van der Waals surface area contributed by atoms with E-state index in [4.69, 9.17) is 14.2 Å². The van der Waals surface area contributed by atoms with E-state index < -0.39 is 6.10 Å². The van der Waals surface area contributed by atoms with Gasteiger partial charge in [-0.05, 0) is 89.9 Å². The summed E-state index contributed by atoms with van der Waals surface area (Å²) >= 11 is 0. The maximum absolute atomic E-state index is 12.8. The summed E-state index contributed by atoms with van der Waals surface area (Å²) in [7, 11) is 0. The van der Waals surface area contributed by atoms with E-state index in [0.717, 1.165) is 96.3 Å². The molecule has 0 spiro atoms. The quantitative estimate of drug-likeness (QED) is 0.0261. The van der Waals surface area contributed by atoms with Crippen LogP contribution in [-0.4, -0.2) is 37.2 Å². The Hall–Kier alpha value is -3.15. The smallest absolute Gasteiger partial charge is 0.306 e. The first-order chi connectivity index (χ1) is 38.0. The first-order valence-corrected chi connectivity index (χ1v) is 33.4. The summed E-state index contributed by atoms with van der Waals surface area (Å²) in [6, 6.07) is 0. The van der Waals surface area contributed by atoms with Crippen molar-refractivity contribution < 1.29 is 28.6 Å². The Morgan fingerprint density at radius 1 is 0.273 bits per heavy atom. The summed E-state index contributed by atoms with van der Waals surface area (Å²) in [6.07, 6.45) is 85.5. The highest BCUT2D eigenvalue weighted by Crippen LogP contribution is 2.17. The number of esters is 3. The summed E-state index contributed by atoms with van der Waals surface area (Å²) < 4.78 is 16.8. The number of hydrogen-bond acceptors (Lipinski definition) is 6. The maximum Gasteiger partial charge on any atom is 0.306 e. The topological polar surface area (TPSA) is 78.9 Å². The minimum atomic E-state index is -0.771.